The molecule has 1 aromatic rings. The summed E-state index contributed by atoms with van der Waals surface area (Å²) < 4.78 is 18.7. The first-order valence-electron chi connectivity index (χ1n) is 4.95. The second kappa shape index (κ2) is 5.34. The molecule has 1 aromatic carbocycles. The van der Waals surface area contributed by atoms with E-state index < -0.39 is 5.82 Å². The second-order valence-corrected chi connectivity index (χ2v) is 3.84. The van der Waals surface area contributed by atoms with Crippen LogP contribution in [0.2, 0.25) is 0 Å². The topological polar surface area (TPSA) is 67.8 Å². The van der Waals surface area contributed by atoms with Gasteiger partial charge < -0.3 is 15.7 Å². The predicted molar refractivity (Wildman–Crippen MR) is 59.2 cm³/mol. The lowest BCUT2D eigenvalue weighted by molar-refractivity contribution is 0.259. The van der Waals surface area contributed by atoms with E-state index in [1.165, 1.54) is 18.2 Å². The summed E-state index contributed by atoms with van der Waals surface area (Å²) in [7, 11) is 0. The Kier molecular flexibility index (Phi) is 4.10. The first-order chi connectivity index (χ1) is 7.54. The van der Waals surface area contributed by atoms with Crippen molar-refractivity contribution in [2.45, 2.75) is 13.8 Å². The van der Waals surface area contributed by atoms with Crippen LogP contribution in [0.1, 0.15) is 19.4 Å². The molecule has 0 bridgehead atoms. The number of ether oxygens (including phenoxy) is 1. The van der Waals surface area contributed by atoms with Crippen LogP contribution in [-0.4, -0.2) is 17.6 Å². The number of nitrogens with two attached hydrogens (primary N) is 1. The van der Waals surface area contributed by atoms with Crippen molar-refractivity contribution in [3.8, 4) is 5.75 Å². The first-order valence-corrected chi connectivity index (χ1v) is 4.95. The van der Waals surface area contributed by atoms with Crippen molar-refractivity contribution in [1.29, 1.82) is 0 Å². The zero-order valence-electron chi connectivity index (χ0n) is 9.27. The molecule has 0 amide bonds. The summed E-state index contributed by atoms with van der Waals surface area (Å²) in [5.41, 5.74) is 5.64. The van der Waals surface area contributed by atoms with Gasteiger partial charge in [0.05, 0.1) is 6.61 Å². The summed E-state index contributed by atoms with van der Waals surface area (Å²) in [5.74, 6) is -0.162. The maximum atomic E-state index is 13.5. The van der Waals surface area contributed by atoms with Gasteiger partial charge in [-0.1, -0.05) is 19.0 Å². The van der Waals surface area contributed by atoms with E-state index in [4.69, 9.17) is 15.7 Å². The molecule has 0 aliphatic heterocycles. The van der Waals surface area contributed by atoms with Crippen LogP contribution >= 0.6 is 0 Å². The quantitative estimate of drug-likeness (QED) is 0.357. The van der Waals surface area contributed by atoms with Crippen molar-refractivity contribution < 1.29 is 14.3 Å². The highest BCUT2D eigenvalue weighted by Gasteiger charge is 2.07. The molecule has 5 heteroatoms. The molecule has 0 radical (unpaired) electrons. The minimum absolute atomic E-state index is 0.130. The first kappa shape index (κ1) is 12.3. The van der Waals surface area contributed by atoms with E-state index in [0.717, 1.165) is 0 Å². The summed E-state index contributed by atoms with van der Waals surface area (Å²) in [5, 5.41) is 11.2. The number of amidine groups is 1. The Morgan fingerprint density at radius 1 is 1.56 bits per heavy atom. The zero-order chi connectivity index (χ0) is 12.1. The molecule has 0 saturated carbocycles. The third-order valence-electron chi connectivity index (χ3n) is 1.91. The fourth-order valence-corrected chi connectivity index (χ4v) is 1.09. The van der Waals surface area contributed by atoms with Gasteiger partial charge in [-0.25, -0.2) is 4.39 Å². The molecule has 0 heterocycles. The van der Waals surface area contributed by atoms with Crippen molar-refractivity contribution in [2.24, 2.45) is 16.8 Å². The van der Waals surface area contributed by atoms with E-state index >= 15 is 0 Å². The fraction of sp³-hybridized carbons (Fsp3) is 0.364. The van der Waals surface area contributed by atoms with Crippen LogP contribution in [-0.2, 0) is 0 Å². The Hall–Kier alpha value is -1.78. The summed E-state index contributed by atoms with van der Waals surface area (Å²) in [6, 6.07) is 4.17. The van der Waals surface area contributed by atoms with Crippen LogP contribution in [0.25, 0.3) is 0 Å². The predicted octanol–water partition coefficient (Wildman–Crippen LogP) is 1.96. The number of benzene rings is 1. The third kappa shape index (κ3) is 3.12. The van der Waals surface area contributed by atoms with Crippen LogP contribution in [0.3, 0.4) is 0 Å². The maximum absolute atomic E-state index is 13.5. The van der Waals surface area contributed by atoms with Crippen LogP contribution in [0.15, 0.2) is 23.4 Å². The highest BCUT2D eigenvalue weighted by atomic mass is 19.1. The monoisotopic (exact) mass is 226 g/mol. The van der Waals surface area contributed by atoms with E-state index in [1.807, 2.05) is 13.8 Å². The molecular weight excluding hydrogens is 211 g/mol. The van der Waals surface area contributed by atoms with E-state index in [9.17, 15) is 4.39 Å². The number of hydrogen-bond donors (Lipinski definition) is 2. The Labute approximate surface area is 93.5 Å². The molecule has 0 aliphatic rings. The smallest absolute Gasteiger partial charge is 0.170 e. The minimum atomic E-state index is -0.523. The molecular formula is C11H15FN2O2. The summed E-state index contributed by atoms with van der Waals surface area (Å²) in [4.78, 5) is 0. The molecule has 0 unspecified atom stereocenters. The molecule has 88 valence electrons. The van der Waals surface area contributed by atoms with Crippen molar-refractivity contribution in [3.63, 3.8) is 0 Å². The van der Waals surface area contributed by atoms with Gasteiger partial charge in [0.2, 0.25) is 0 Å². The molecule has 0 spiro atoms. The number of nitrogens with zero attached hydrogens (tertiary/aromatic N) is 1. The number of oxime groups is 1. The maximum Gasteiger partial charge on any atom is 0.170 e. The Morgan fingerprint density at radius 3 is 2.75 bits per heavy atom. The standard InChI is InChI=1S/C11H15FN2O2/c1-7(2)6-16-10-4-3-8(5-9(10)12)11(13)14-15/h3-5,7,15H,6H2,1-2H3,(H2,13,14). The minimum Gasteiger partial charge on any atom is -0.490 e. The Balaban J connectivity index is 2.83. The number of rotatable bonds is 4. The average Bonchev–Trinajstić information content (AvgIpc) is 2.26. The van der Waals surface area contributed by atoms with Crippen LogP contribution in [0.4, 0.5) is 4.39 Å². The van der Waals surface area contributed by atoms with Gasteiger partial charge in [0.25, 0.3) is 0 Å². The fourth-order valence-electron chi connectivity index (χ4n) is 1.09. The molecule has 0 fully saturated rings. The molecule has 0 aliphatic carbocycles. The van der Waals surface area contributed by atoms with E-state index in [0.29, 0.717) is 18.1 Å². The highest BCUT2D eigenvalue weighted by Crippen LogP contribution is 2.18. The van der Waals surface area contributed by atoms with Crippen LogP contribution in [0.5, 0.6) is 5.75 Å². The molecule has 1 rings (SSSR count). The van der Waals surface area contributed by atoms with Crippen LogP contribution < -0.4 is 10.5 Å². The molecule has 0 aromatic heterocycles. The summed E-state index contributed by atoms with van der Waals surface area (Å²) in [6.07, 6.45) is 0. The van der Waals surface area contributed by atoms with Gasteiger partial charge in [0, 0.05) is 5.56 Å². The van der Waals surface area contributed by atoms with Gasteiger partial charge in [-0.2, -0.15) is 0 Å². The summed E-state index contributed by atoms with van der Waals surface area (Å²) >= 11 is 0. The van der Waals surface area contributed by atoms with E-state index in [-0.39, 0.29) is 11.6 Å². The van der Waals surface area contributed by atoms with Crippen molar-refractivity contribution in [3.05, 3.63) is 29.6 Å². The molecule has 4 nitrogen and oxygen atoms in total. The van der Waals surface area contributed by atoms with Gasteiger partial charge >= 0.3 is 0 Å². The normalized spacial score (nSPS) is 11.9. The SMILES string of the molecule is CC(C)COc1ccc(/C(N)=N/O)cc1F. The molecule has 16 heavy (non-hydrogen) atoms. The molecule has 3 N–H and O–H groups in total. The molecule has 0 saturated heterocycles. The van der Waals surface area contributed by atoms with E-state index in [1.54, 1.807) is 0 Å². The average molecular weight is 226 g/mol. The Bertz CT molecular complexity index is 392. The summed E-state index contributed by atoms with van der Waals surface area (Å²) in [6.45, 7) is 4.39. The van der Waals surface area contributed by atoms with Crippen molar-refractivity contribution in [2.75, 3.05) is 6.61 Å². The van der Waals surface area contributed by atoms with Gasteiger partial charge in [-0.15, -0.1) is 0 Å². The third-order valence-corrected chi connectivity index (χ3v) is 1.91. The lowest BCUT2D eigenvalue weighted by Gasteiger charge is -2.10. The van der Waals surface area contributed by atoms with Crippen molar-refractivity contribution in [1.82, 2.24) is 0 Å². The largest absolute Gasteiger partial charge is 0.490 e. The van der Waals surface area contributed by atoms with Gasteiger partial charge in [-0.05, 0) is 24.1 Å². The van der Waals surface area contributed by atoms with Gasteiger partial charge in [0.1, 0.15) is 0 Å². The number of hydrogen-bond acceptors (Lipinski definition) is 3. The van der Waals surface area contributed by atoms with E-state index in [2.05, 4.69) is 5.16 Å². The zero-order valence-corrected chi connectivity index (χ0v) is 9.27. The highest BCUT2D eigenvalue weighted by molar-refractivity contribution is 5.97. The lowest BCUT2D eigenvalue weighted by atomic mass is 10.2. The number of halogens is 1. The molecule has 0 atom stereocenters. The van der Waals surface area contributed by atoms with Crippen molar-refractivity contribution >= 4 is 5.84 Å². The Morgan fingerprint density at radius 2 is 2.25 bits per heavy atom. The van der Waals surface area contributed by atoms with Crippen LogP contribution in [0, 0.1) is 11.7 Å². The second-order valence-electron chi connectivity index (χ2n) is 3.84. The lowest BCUT2D eigenvalue weighted by Crippen LogP contribution is -2.13. The van der Waals surface area contributed by atoms with Gasteiger partial charge in [0.15, 0.2) is 17.4 Å². The van der Waals surface area contributed by atoms with Gasteiger partial charge in [-0.3, -0.25) is 0 Å².